The monoisotopic (exact) mass is 480 g/mol. The molecule has 2 amide bonds. The van der Waals surface area contributed by atoms with Crippen LogP contribution in [0.3, 0.4) is 0 Å². The number of ether oxygens (including phenoxy) is 2. The van der Waals surface area contributed by atoms with Crippen molar-refractivity contribution in [1.82, 2.24) is 10.2 Å². The second-order valence-electron chi connectivity index (χ2n) is 10.3. The van der Waals surface area contributed by atoms with Crippen LogP contribution >= 0.6 is 0 Å². The molecule has 0 radical (unpaired) electrons. The van der Waals surface area contributed by atoms with Crippen molar-refractivity contribution in [2.24, 2.45) is 0 Å². The maximum Gasteiger partial charge on any atom is 0.261 e. The van der Waals surface area contributed by atoms with Gasteiger partial charge in [-0.25, -0.2) is 0 Å². The summed E-state index contributed by atoms with van der Waals surface area (Å²) < 4.78 is 11.1. The van der Waals surface area contributed by atoms with Gasteiger partial charge >= 0.3 is 0 Å². The van der Waals surface area contributed by atoms with Gasteiger partial charge in [-0.1, -0.05) is 64.8 Å². The lowest BCUT2D eigenvalue weighted by Crippen LogP contribution is -2.52. The van der Waals surface area contributed by atoms with Gasteiger partial charge in [-0.3, -0.25) is 9.59 Å². The molecule has 35 heavy (non-hydrogen) atoms. The van der Waals surface area contributed by atoms with Gasteiger partial charge in [0.2, 0.25) is 5.91 Å². The Morgan fingerprint density at radius 1 is 1.00 bits per heavy atom. The van der Waals surface area contributed by atoms with Crippen molar-refractivity contribution in [3.63, 3.8) is 0 Å². The van der Waals surface area contributed by atoms with Crippen LogP contribution in [0.25, 0.3) is 0 Å². The molecule has 2 aromatic rings. The Labute approximate surface area is 210 Å². The fourth-order valence-corrected chi connectivity index (χ4v) is 4.49. The zero-order chi connectivity index (χ0) is 25.4. The van der Waals surface area contributed by atoms with Gasteiger partial charge in [0.05, 0.1) is 7.11 Å². The van der Waals surface area contributed by atoms with E-state index < -0.39 is 6.04 Å². The number of hydrogen-bond acceptors (Lipinski definition) is 4. The first-order valence-corrected chi connectivity index (χ1v) is 12.7. The van der Waals surface area contributed by atoms with Crippen LogP contribution in [0.4, 0.5) is 0 Å². The first-order valence-electron chi connectivity index (χ1n) is 12.7. The Morgan fingerprint density at radius 2 is 1.60 bits per heavy atom. The lowest BCUT2D eigenvalue weighted by molar-refractivity contribution is -0.143. The summed E-state index contributed by atoms with van der Waals surface area (Å²) in [7, 11) is 1.62. The fourth-order valence-electron chi connectivity index (χ4n) is 4.49. The molecular formula is C29H40N2O4. The molecule has 0 saturated heterocycles. The summed E-state index contributed by atoms with van der Waals surface area (Å²) in [5.74, 6) is 1.09. The van der Waals surface area contributed by atoms with Crippen LogP contribution in [0.5, 0.6) is 11.5 Å². The molecule has 0 aliphatic heterocycles. The fraction of sp³-hybridized carbons (Fsp3) is 0.517. The van der Waals surface area contributed by atoms with Gasteiger partial charge in [0.25, 0.3) is 5.91 Å². The molecular weight excluding hydrogens is 440 g/mol. The first kappa shape index (κ1) is 26.6. The topological polar surface area (TPSA) is 67.9 Å². The number of amides is 2. The van der Waals surface area contributed by atoms with Crippen LogP contribution in [-0.4, -0.2) is 42.5 Å². The number of nitrogens with zero attached hydrogens (tertiary/aromatic N) is 1. The van der Waals surface area contributed by atoms with Crippen LogP contribution in [0.1, 0.15) is 70.9 Å². The minimum atomic E-state index is -0.558. The Bertz CT molecular complexity index is 958. The molecule has 190 valence electrons. The largest absolute Gasteiger partial charge is 0.497 e. The van der Waals surface area contributed by atoms with Gasteiger partial charge in [0.15, 0.2) is 6.61 Å². The highest BCUT2D eigenvalue weighted by Gasteiger charge is 2.31. The van der Waals surface area contributed by atoms with E-state index >= 15 is 0 Å². The second-order valence-corrected chi connectivity index (χ2v) is 10.3. The highest BCUT2D eigenvalue weighted by molar-refractivity contribution is 5.88. The number of rotatable bonds is 10. The van der Waals surface area contributed by atoms with Crippen molar-refractivity contribution in [3.05, 3.63) is 59.7 Å². The lowest BCUT2D eigenvalue weighted by atomic mass is 9.87. The van der Waals surface area contributed by atoms with Gasteiger partial charge in [-0.15, -0.1) is 0 Å². The lowest BCUT2D eigenvalue weighted by Gasteiger charge is -2.31. The molecule has 0 spiro atoms. The highest BCUT2D eigenvalue weighted by atomic mass is 16.5. The molecule has 1 fully saturated rings. The molecule has 0 unspecified atom stereocenters. The molecule has 0 heterocycles. The van der Waals surface area contributed by atoms with E-state index in [2.05, 4.69) is 26.1 Å². The van der Waals surface area contributed by atoms with Crippen molar-refractivity contribution >= 4 is 11.8 Å². The quantitative estimate of drug-likeness (QED) is 0.505. The molecule has 1 saturated carbocycles. The average molecular weight is 481 g/mol. The van der Waals surface area contributed by atoms with Crippen LogP contribution in [0.15, 0.2) is 48.5 Å². The van der Waals surface area contributed by atoms with E-state index in [4.69, 9.17) is 9.47 Å². The predicted octanol–water partition coefficient (Wildman–Crippen LogP) is 5.24. The summed E-state index contributed by atoms with van der Waals surface area (Å²) >= 11 is 0. The third-order valence-corrected chi connectivity index (χ3v) is 6.68. The minimum absolute atomic E-state index is 0.0462. The normalized spacial score (nSPS) is 14.9. The van der Waals surface area contributed by atoms with Crippen molar-refractivity contribution in [2.75, 3.05) is 13.7 Å². The van der Waals surface area contributed by atoms with Gasteiger partial charge in [-0.2, -0.15) is 0 Å². The van der Waals surface area contributed by atoms with Gasteiger partial charge in [-0.05, 0) is 60.1 Å². The molecule has 6 nitrogen and oxygen atoms in total. The summed E-state index contributed by atoms with van der Waals surface area (Å²) in [4.78, 5) is 28.3. The van der Waals surface area contributed by atoms with E-state index in [-0.39, 0.29) is 29.9 Å². The first-order chi connectivity index (χ1) is 16.7. The predicted molar refractivity (Wildman–Crippen MR) is 139 cm³/mol. The zero-order valence-corrected chi connectivity index (χ0v) is 21.8. The van der Waals surface area contributed by atoms with Crippen LogP contribution in [-0.2, 0) is 21.5 Å². The Hall–Kier alpha value is -3.02. The van der Waals surface area contributed by atoms with Crippen LogP contribution < -0.4 is 14.8 Å². The van der Waals surface area contributed by atoms with E-state index in [1.54, 1.807) is 12.0 Å². The average Bonchev–Trinajstić information content (AvgIpc) is 3.35. The van der Waals surface area contributed by atoms with E-state index in [1.807, 2.05) is 55.5 Å². The van der Waals surface area contributed by atoms with E-state index in [0.717, 1.165) is 37.0 Å². The molecule has 3 rings (SSSR count). The van der Waals surface area contributed by atoms with E-state index in [0.29, 0.717) is 18.7 Å². The third kappa shape index (κ3) is 7.48. The number of hydrogen-bond donors (Lipinski definition) is 1. The molecule has 0 bridgehead atoms. The summed E-state index contributed by atoms with van der Waals surface area (Å²) in [6, 6.07) is 15.1. The summed E-state index contributed by atoms with van der Waals surface area (Å²) in [5.41, 5.74) is 2.18. The summed E-state index contributed by atoms with van der Waals surface area (Å²) in [6.45, 7) is 8.62. The molecule has 1 aliphatic carbocycles. The highest BCUT2D eigenvalue weighted by Crippen LogP contribution is 2.25. The molecule has 6 heteroatoms. The zero-order valence-electron chi connectivity index (χ0n) is 21.8. The summed E-state index contributed by atoms with van der Waals surface area (Å²) in [5, 5.41) is 3.17. The maximum atomic E-state index is 13.4. The minimum Gasteiger partial charge on any atom is -0.497 e. The molecule has 2 aromatic carbocycles. The SMILES string of the molecule is CC[C@@H](C(=O)NC1CCCC1)N(Cc1ccc(OC)cc1)C(=O)COc1ccc(C(C)(C)C)cc1. The maximum absolute atomic E-state index is 13.4. The van der Waals surface area contributed by atoms with Crippen molar-refractivity contribution in [3.8, 4) is 11.5 Å². The molecule has 1 N–H and O–H groups in total. The Balaban J connectivity index is 1.74. The van der Waals surface area contributed by atoms with Crippen molar-refractivity contribution in [2.45, 2.75) is 83.8 Å². The Morgan fingerprint density at radius 3 is 2.14 bits per heavy atom. The number of carbonyl (C=O) groups excluding carboxylic acids is 2. The number of methoxy groups -OCH3 is 1. The van der Waals surface area contributed by atoms with Gasteiger partial charge < -0.3 is 19.7 Å². The van der Waals surface area contributed by atoms with Crippen LogP contribution in [0, 0.1) is 0 Å². The van der Waals surface area contributed by atoms with Crippen molar-refractivity contribution in [1.29, 1.82) is 0 Å². The standard InChI is InChI=1S/C29H40N2O4/c1-6-26(28(33)30-23-9-7-8-10-23)31(19-21-11-15-24(34-5)16-12-21)27(32)20-35-25-17-13-22(14-18-25)29(2,3)4/h11-18,23,26H,6-10,19-20H2,1-5H3,(H,30,33)/t26-/m0/s1. The second kappa shape index (κ2) is 12.1. The van der Waals surface area contributed by atoms with E-state index in [9.17, 15) is 9.59 Å². The number of carbonyl (C=O) groups is 2. The van der Waals surface area contributed by atoms with Gasteiger partial charge in [0.1, 0.15) is 17.5 Å². The number of nitrogens with one attached hydrogen (secondary N) is 1. The Kier molecular flexibility index (Phi) is 9.19. The molecule has 1 aliphatic rings. The van der Waals surface area contributed by atoms with Gasteiger partial charge in [0, 0.05) is 12.6 Å². The molecule has 0 aromatic heterocycles. The van der Waals surface area contributed by atoms with Crippen LogP contribution in [0.2, 0.25) is 0 Å². The third-order valence-electron chi connectivity index (χ3n) is 6.68. The summed E-state index contributed by atoms with van der Waals surface area (Å²) in [6.07, 6.45) is 4.81. The smallest absolute Gasteiger partial charge is 0.261 e. The molecule has 1 atom stereocenters. The van der Waals surface area contributed by atoms with E-state index in [1.165, 1.54) is 5.56 Å². The van der Waals surface area contributed by atoms with Crippen molar-refractivity contribution < 1.29 is 19.1 Å². The number of benzene rings is 2.